The van der Waals surface area contributed by atoms with E-state index in [0.29, 0.717) is 28.5 Å². The van der Waals surface area contributed by atoms with E-state index >= 15 is 0 Å². The summed E-state index contributed by atoms with van der Waals surface area (Å²) >= 11 is 1.38. The van der Waals surface area contributed by atoms with E-state index in [1.165, 1.54) is 11.3 Å². The average molecular weight is 347 g/mol. The predicted molar refractivity (Wildman–Crippen MR) is 95.3 cm³/mol. The SMILES string of the molecule is CCCOC(=O)c1c(NC(=O)c2ccc(OC)cc2)sc(C)c1C. The highest BCUT2D eigenvalue weighted by atomic mass is 32.1. The summed E-state index contributed by atoms with van der Waals surface area (Å²) in [5.41, 5.74) is 1.77. The number of esters is 1. The van der Waals surface area contributed by atoms with E-state index in [0.717, 1.165) is 16.9 Å². The van der Waals surface area contributed by atoms with E-state index in [2.05, 4.69) is 5.32 Å². The molecule has 0 saturated carbocycles. The largest absolute Gasteiger partial charge is 0.497 e. The maximum absolute atomic E-state index is 12.4. The highest BCUT2D eigenvalue weighted by Crippen LogP contribution is 2.33. The van der Waals surface area contributed by atoms with Crippen molar-refractivity contribution in [1.29, 1.82) is 0 Å². The Balaban J connectivity index is 2.23. The van der Waals surface area contributed by atoms with Gasteiger partial charge in [0, 0.05) is 10.4 Å². The first-order chi connectivity index (χ1) is 11.5. The van der Waals surface area contributed by atoms with E-state index in [4.69, 9.17) is 9.47 Å². The molecule has 0 aliphatic carbocycles. The first kappa shape index (κ1) is 18.0. The van der Waals surface area contributed by atoms with Gasteiger partial charge in [0.1, 0.15) is 10.8 Å². The zero-order valence-corrected chi connectivity index (χ0v) is 15.1. The summed E-state index contributed by atoms with van der Waals surface area (Å²) in [6, 6.07) is 6.79. The molecule has 24 heavy (non-hydrogen) atoms. The Morgan fingerprint density at radius 3 is 2.42 bits per heavy atom. The number of hydrogen-bond acceptors (Lipinski definition) is 5. The summed E-state index contributed by atoms with van der Waals surface area (Å²) in [5, 5.41) is 3.34. The molecule has 0 saturated heterocycles. The number of carbonyl (C=O) groups is 2. The Morgan fingerprint density at radius 2 is 1.83 bits per heavy atom. The van der Waals surface area contributed by atoms with Crippen LogP contribution < -0.4 is 10.1 Å². The number of ether oxygens (including phenoxy) is 2. The van der Waals surface area contributed by atoms with E-state index < -0.39 is 5.97 Å². The Morgan fingerprint density at radius 1 is 1.17 bits per heavy atom. The molecule has 0 atom stereocenters. The van der Waals surface area contributed by atoms with Crippen LogP contribution >= 0.6 is 11.3 Å². The molecule has 0 bridgehead atoms. The van der Waals surface area contributed by atoms with Crippen LogP contribution in [-0.2, 0) is 4.74 Å². The fourth-order valence-electron chi connectivity index (χ4n) is 2.15. The van der Waals surface area contributed by atoms with Crippen molar-refractivity contribution >= 4 is 28.2 Å². The van der Waals surface area contributed by atoms with Gasteiger partial charge in [-0.25, -0.2) is 4.79 Å². The average Bonchev–Trinajstić information content (AvgIpc) is 2.86. The van der Waals surface area contributed by atoms with Crippen molar-refractivity contribution in [2.45, 2.75) is 27.2 Å². The first-order valence-corrected chi connectivity index (χ1v) is 8.52. The minimum Gasteiger partial charge on any atom is -0.497 e. The second-order valence-corrected chi connectivity index (χ2v) is 6.53. The Bertz CT molecular complexity index is 734. The molecule has 1 N–H and O–H groups in total. The van der Waals surface area contributed by atoms with Crippen molar-refractivity contribution in [2.75, 3.05) is 19.0 Å². The number of anilines is 1. The van der Waals surface area contributed by atoms with Crippen LogP contribution in [0.15, 0.2) is 24.3 Å². The standard InChI is InChI=1S/C18H21NO4S/c1-5-10-23-18(21)15-11(2)12(3)24-17(15)19-16(20)13-6-8-14(22-4)9-7-13/h6-9H,5,10H2,1-4H3,(H,19,20). The van der Waals surface area contributed by atoms with Gasteiger partial charge in [0.15, 0.2) is 0 Å². The van der Waals surface area contributed by atoms with Gasteiger partial charge >= 0.3 is 5.97 Å². The van der Waals surface area contributed by atoms with E-state index in [9.17, 15) is 9.59 Å². The summed E-state index contributed by atoms with van der Waals surface area (Å²) in [7, 11) is 1.57. The third-order valence-corrected chi connectivity index (χ3v) is 4.73. The molecule has 2 rings (SSSR count). The molecule has 6 heteroatoms. The Kier molecular flexibility index (Phi) is 5.98. The van der Waals surface area contributed by atoms with E-state index in [-0.39, 0.29) is 5.91 Å². The van der Waals surface area contributed by atoms with Crippen LogP contribution in [0.1, 0.15) is 44.5 Å². The van der Waals surface area contributed by atoms with Gasteiger partial charge < -0.3 is 14.8 Å². The molecule has 0 aliphatic rings. The lowest BCUT2D eigenvalue weighted by Gasteiger charge is -2.08. The Labute approximate surface area is 145 Å². The van der Waals surface area contributed by atoms with Gasteiger partial charge in [0.05, 0.1) is 19.3 Å². The number of methoxy groups -OCH3 is 1. The van der Waals surface area contributed by atoms with Gasteiger partial charge in [-0.2, -0.15) is 0 Å². The topological polar surface area (TPSA) is 64.6 Å². The highest BCUT2D eigenvalue weighted by molar-refractivity contribution is 7.16. The summed E-state index contributed by atoms with van der Waals surface area (Å²) in [5.74, 6) is 0.00497. The molecule has 2 aromatic rings. The second kappa shape index (κ2) is 7.97. The quantitative estimate of drug-likeness (QED) is 0.796. The minimum absolute atomic E-state index is 0.275. The fourth-order valence-corrected chi connectivity index (χ4v) is 3.19. The summed E-state index contributed by atoms with van der Waals surface area (Å²) in [6.45, 7) is 6.07. The molecule has 128 valence electrons. The number of aryl methyl sites for hydroxylation is 1. The third kappa shape index (κ3) is 3.94. The van der Waals surface area contributed by atoms with Crippen LogP contribution in [0.5, 0.6) is 5.75 Å². The van der Waals surface area contributed by atoms with Crippen LogP contribution in [0.4, 0.5) is 5.00 Å². The smallest absolute Gasteiger partial charge is 0.341 e. The zero-order chi connectivity index (χ0) is 17.7. The summed E-state index contributed by atoms with van der Waals surface area (Å²) in [6.07, 6.45) is 0.751. The number of benzene rings is 1. The van der Waals surface area contributed by atoms with E-state index in [1.54, 1.807) is 31.4 Å². The van der Waals surface area contributed by atoms with Crippen molar-refractivity contribution < 1.29 is 19.1 Å². The maximum Gasteiger partial charge on any atom is 0.341 e. The number of thiophene rings is 1. The molecule has 0 unspecified atom stereocenters. The number of amides is 1. The van der Waals surface area contributed by atoms with Crippen molar-refractivity contribution in [3.63, 3.8) is 0 Å². The molecule has 1 heterocycles. The summed E-state index contributed by atoms with van der Waals surface area (Å²) < 4.78 is 10.3. The number of nitrogens with one attached hydrogen (secondary N) is 1. The van der Waals surface area contributed by atoms with Crippen LogP contribution in [0.3, 0.4) is 0 Å². The molecular weight excluding hydrogens is 326 g/mol. The lowest BCUT2D eigenvalue weighted by Crippen LogP contribution is -2.15. The van der Waals surface area contributed by atoms with Crippen molar-refractivity contribution in [3.8, 4) is 5.75 Å². The first-order valence-electron chi connectivity index (χ1n) is 7.70. The van der Waals surface area contributed by atoms with E-state index in [1.807, 2.05) is 20.8 Å². The number of rotatable bonds is 6. The maximum atomic E-state index is 12.4. The van der Waals surface area contributed by atoms with Gasteiger partial charge in [0.25, 0.3) is 5.91 Å². The fraction of sp³-hybridized carbons (Fsp3) is 0.333. The molecule has 0 radical (unpaired) electrons. The second-order valence-electron chi connectivity index (χ2n) is 5.31. The van der Waals surface area contributed by atoms with Crippen LogP contribution in [0, 0.1) is 13.8 Å². The van der Waals surface area contributed by atoms with Gasteiger partial charge in [-0.1, -0.05) is 6.92 Å². The number of carbonyl (C=O) groups excluding carboxylic acids is 2. The molecule has 0 fully saturated rings. The molecule has 5 nitrogen and oxygen atoms in total. The zero-order valence-electron chi connectivity index (χ0n) is 14.3. The number of hydrogen-bond donors (Lipinski definition) is 1. The predicted octanol–water partition coefficient (Wildman–Crippen LogP) is 4.19. The van der Waals surface area contributed by atoms with Gasteiger partial charge in [-0.15, -0.1) is 11.3 Å². The highest BCUT2D eigenvalue weighted by Gasteiger charge is 2.22. The van der Waals surface area contributed by atoms with Crippen molar-refractivity contribution in [3.05, 3.63) is 45.8 Å². The van der Waals surface area contributed by atoms with Crippen LogP contribution in [-0.4, -0.2) is 25.6 Å². The molecule has 1 aromatic heterocycles. The molecular formula is C18H21NO4S. The lowest BCUT2D eigenvalue weighted by molar-refractivity contribution is 0.0506. The lowest BCUT2D eigenvalue weighted by atomic mass is 10.1. The monoisotopic (exact) mass is 347 g/mol. The molecule has 1 aromatic carbocycles. The molecule has 0 spiro atoms. The summed E-state index contributed by atoms with van der Waals surface area (Å²) in [4.78, 5) is 25.7. The van der Waals surface area contributed by atoms with Crippen LogP contribution in [0.2, 0.25) is 0 Å². The van der Waals surface area contributed by atoms with Crippen molar-refractivity contribution in [2.24, 2.45) is 0 Å². The van der Waals surface area contributed by atoms with Crippen LogP contribution in [0.25, 0.3) is 0 Å². The third-order valence-electron chi connectivity index (χ3n) is 3.61. The van der Waals surface area contributed by atoms with Crippen molar-refractivity contribution in [1.82, 2.24) is 0 Å². The van der Waals surface area contributed by atoms with Gasteiger partial charge in [0.2, 0.25) is 0 Å². The van der Waals surface area contributed by atoms with Gasteiger partial charge in [-0.05, 0) is 50.1 Å². The molecule has 0 aliphatic heterocycles. The molecule has 1 amide bonds. The Hall–Kier alpha value is -2.34. The normalized spacial score (nSPS) is 10.3. The van der Waals surface area contributed by atoms with Gasteiger partial charge in [-0.3, -0.25) is 4.79 Å². The minimum atomic E-state index is -0.399.